The van der Waals surface area contributed by atoms with Gasteiger partial charge in [-0.1, -0.05) is 0 Å². The van der Waals surface area contributed by atoms with Crippen molar-refractivity contribution >= 4 is 26.0 Å². The van der Waals surface area contributed by atoms with E-state index in [1.807, 2.05) is 13.8 Å². The lowest BCUT2D eigenvalue weighted by atomic mass is 10.2. The molecule has 0 aliphatic heterocycles. The van der Waals surface area contributed by atoms with Gasteiger partial charge in [0.1, 0.15) is 5.82 Å². The summed E-state index contributed by atoms with van der Waals surface area (Å²) >= 11 is 2.99. The van der Waals surface area contributed by atoms with Gasteiger partial charge in [0.25, 0.3) is 0 Å². The summed E-state index contributed by atoms with van der Waals surface area (Å²) in [5, 5.41) is 4.23. The van der Waals surface area contributed by atoms with Crippen LogP contribution in [-0.2, 0) is 23.6 Å². The fourth-order valence-corrected chi connectivity index (χ4v) is 3.22. The van der Waals surface area contributed by atoms with E-state index in [4.69, 9.17) is 0 Å². The fourth-order valence-electron chi connectivity index (χ4n) is 1.97. The minimum absolute atomic E-state index is 0.109. The van der Waals surface area contributed by atoms with Gasteiger partial charge in [0.05, 0.1) is 15.1 Å². The molecule has 0 spiro atoms. The molecular formula is C13H15BrFN3O2S. The number of hydrogen-bond donors (Lipinski definition) is 1. The van der Waals surface area contributed by atoms with Gasteiger partial charge < -0.3 is 0 Å². The van der Waals surface area contributed by atoms with Crippen LogP contribution >= 0.6 is 15.9 Å². The van der Waals surface area contributed by atoms with E-state index in [1.54, 1.807) is 11.7 Å². The molecule has 114 valence electrons. The topological polar surface area (TPSA) is 64.0 Å². The maximum Gasteiger partial charge on any atom is 0.240 e. The summed E-state index contributed by atoms with van der Waals surface area (Å²) in [5.74, 6) is -0.619. The Balaban J connectivity index is 2.23. The zero-order chi connectivity index (χ0) is 15.8. The van der Waals surface area contributed by atoms with E-state index < -0.39 is 15.8 Å². The van der Waals surface area contributed by atoms with Gasteiger partial charge >= 0.3 is 0 Å². The molecule has 8 heteroatoms. The van der Waals surface area contributed by atoms with E-state index in [0.717, 1.165) is 23.0 Å². The number of nitrogens with zero attached hydrogens (tertiary/aromatic N) is 2. The van der Waals surface area contributed by atoms with Crippen molar-refractivity contribution in [2.45, 2.75) is 25.3 Å². The van der Waals surface area contributed by atoms with Crippen molar-refractivity contribution in [1.82, 2.24) is 14.5 Å². The van der Waals surface area contributed by atoms with Crippen molar-refractivity contribution in [3.05, 3.63) is 45.4 Å². The summed E-state index contributed by atoms with van der Waals surface area (Å²) in [6.07, 6.45) is 0. The highest BCUT2D eigenvalue weighted by Gasteiger charge is 2.18. The highest BCUT2D eigenvalue weighted by molar-refractivity contribution is 9.10. The van der Waals surface area contributed by atoms with Crippen molar-refractivity contribution in [3.8, 4) is 0 Å². The summed E-state index contributed by atoms with van der Waals surface area (Å²) < 4.78 is 42.2. The Labute approximate surface area is 131 Å². The Morgan fingerprint density at radius 3 is 2.57 bits per heavy atom. The maximum atomic E-state index is 13.5. The number of aromatic nitrogens is 2. The second-order valence-corrected chi connectivity index (χ2v) is 7.29. The zero-order valence-corrected chi connectivity index (χ0v) is 14.2. The van der Waals surface area contributed by atoms with Crippen molar-refractivity contribution in [2.75, 3.05) is 0 Å². The average molecular weight is 376 g/mol. The Bertz CT molecular complexity index is 787. The molecule has 0 radical (unpaired) electrons. The first-order valence-corrected chi connectivity index (χ1v) is 8.44. The number of benzene rings is 1. The van der Waals surface area contributed by atoms with Gasteiger partial charge in [-0.2, -0.15) is 5.10 Å². The largest absolute Gasteiger partial charge is 0.272 e. The Kier molecular flexibility index (Phi) is 4.50. The number of halogens is 2. The van der Waals surface area contributed by atoms with Crippen LogP contribution in [0.2, 0.25) is 0 Å². The van der Waals surface area contributed by atoms with Crippen molar-refractivity contribution in [3.63, 3.8) is 0 Å². The molecule has 1 aromatic heterocycles. The smallest absolute Gasteiger partial charge is 0.240 e. The SMILES string of the molecule is Cc1nn(C)c(C)c1CNS(=O)(=O)c1ccc(Br)c(F)c1. The molecule has 0 aliphatic carbocycles. The first-order chi connectivity index (χ1) is 9.72. The van der Waals surface area contributed by atoms with E-state index in [2.05, 4.69) is 25.8 Å². The second kappa shape index (κ2) is 5.86. The molecule has 0 fully saturated rings. The summed E-state index contributed by atoms with van der Waals surface area (Å²) in [4.78, 5) is -0.109. The van der Waals surface area contributed by atoms with Crippen LogP contribution in [0.5, 0.6) is 0 Å². The lowest BCUT2D eigenvalue weighted by molar-refractivity contribution is 0.576. The Morgan fingerprint density at radius 2 is 2.05 bits per heavy atom. The maximum absolute atomic E-state index is 13.5. The lowest BCUT2D eigenvalue weighted by Crippen LogP contribution is -2.24. The molecule has 5 nitrogen and oxygen atoms in total. The lowest BCUT2D eigenvalue weighted by Gasteiger charge is -2.08. The molecule has 1 N–H and O–H groups in total. The first-order valence-electron chi connectivity index (χ1n) is 6.16. The molecule has 0 saturated heterocycles. The van der Waals surface area contributed by atoms with Crippen LogP contribution in [0.3, 0.4) is 0 Å². The van der Waals surface area contributed by atoms with Crippen LogP contribution in [0.1, 0.15) is 17.0 Å². The summed E-state index contributed by atoms with van der Waals surface area (Å²) in [6.45, 7) is 3.80. The van der Waals surface area contributed by atoms with Gasteiger partial charge in [0.15, 0.2) is 0 Å². The molecular weight excluding hydrogens is 361 g/mol. The molecule has 1 aromatic carbocycles. The molecule has 0 aliphatic rings. The molecule has 0 atom stereocenters. The van der Waals surface area contributed by atoms with Gasteiger partial charge in [0, 0.05) is 24.8 Å². The van der Waals surface area contributed by atoms with Gasteiger partial charge in [-0.3, -0.25) is 4.68 Å². The number of nitrogens with one attached hydrogen (secondary N) is 1. The standard InChI is InChI=1S/C13H15BrFN3O2S/c1-8-11(9(2)18(3)17-8)7-16-21(19,20)10-4-5-12(14)13(15)6-10/h4-6,16H,7H2,1-3H3. The van der Waals surface area contributed by atoms with Crippen LogP contribution in [0.15, 0.2) is 27.6 Å². The monoisotopic (exact) mass is 375 g/mol. The predicted octanol–water partition coefficient (Wildman–Crippen LogP) is 2.42. The third kappa shape index (κ3) is 3.33. The molecule has 2 aromatic rings. The van der Waals surface area contributed by atoms with Gasteiger partial charge in [-0.25, -0.2) is 17.5 Å². The van der Waals surface area contributed by atoms with Crippen molar-refractivity contribution in [1.29, 1.82) is 0 Å². The summed E-state index contributed by atoms with van der Waals surface area (Å²) in [5.41, 5.74) is 2.47. The van der Waals surface area contributed by atoms with Crippen LogP contribution in [0.4, 0.5) is 4.39 Å². The van der Waals surface area contributed by atoms with Crippen LogP contribution in [0, 0.1) is 19.7 Å². The van der Waals surface area contributed by atoms with Crippen molar-refractivity contribution in [2.24, 2.45) is 7.05 Å². The molecule has 0 unspecified atom stereocenters. The normalized spacial score (nSPS) is 11.9. The zero-order valence-electron chi connectivity index (χ0n) is 11.8. The van der Waals surface area contributed by atoms with E-state index in [1.165, 1.54) is 12.1 Å². The van der Waals surface area contributed by atoms with Gasteiger partial charge in [-0.15, -0.1) is 0 Å². The summed E-state index contributed by atoms with van der Waals surface area (Å²) in [7, 11) is -1.97. The number of aryl methyl sites for hydroxylation is 2. The number of rotatable bonds is 4. The Morgan fingerprint density at radius 1 is 1.38 bits per heavy atom. The minimum atomic E-state index is -3.77. The molecule has 0 bridgehead atoms. The molecule has 0 saturated carbocycles. The minimum Gasteiger partial charge on any atom is -0.272 e. The Hall–Kier alpha value is -1.25. The third-order valence-corrected chi connectivity index (χ3v) is 5.34. The van der Waals surface area contributed by atoms with Gasteiger partial charge in [0.2, 0.25) is 10.0 Å². The third-order valence-electron chi connectivity index (χ3n) is 3.30. The highest BCUT2D eigenvalue weighted by Crippen LogP contribution is 2.20. The molecule has 1 heterocycles. The molecule has 0 amide bonds. The van der Waals surface area contributed by atoms with E-state index >= 15 is 0 Å². The van der Waals surface area contributed by atoms with E-state index in [-0.39, 0.29) is 15.9 Å². The van der Waals surface area contributed by atoms with Crippen LogP contribution in [-0.4, -0.2) is 18.2 Å². The van der Waals surface area contributed by atoms with E-state index in [0.29, 0.717) is 0 Å². The fraction of sp³-hybridized carbons (Fsp3) is 0.308. The predicted molar refractivity (Wildman–Crippen MR) is 80.8 cm³/mol. The van der Waals surface area contributed by atoms with E-state index in [9.17, 15) is 12.8 Å². The van der Waals surface area contributed by atoms with Crippen molar-refractivity contribution < 1.29 is 12.8 Å². The van der Waals surface area contributed by atoms with Crippen LogP contribution < -0.4 is 4.72 Å². The van der Waals surface area contributed by atoms with Gasteiger partial charge in [-0.05, 0) is 48.0 Å². The molecule has 21 heavy (non-hydrogen) atoms. The quantitative estimate of drug-likeness (QED) is 0.892. The number of hydrogen-bond acceptors (Lipinski definition) is 3. The first kappa shape index (κ1) is 16.1. The average Bonchev–Trinajstić information content (AvgIpc) is 2.64. The molecule has 2 rings (SSSR count). The second-order valence-electron chi connectivity index (χ2n) is 4.67. The number of sulfonamides is 1. The summed E-state index contributed by atoms with van der Waals surface area (Å²) in [6, 6.07) is 3.69. The van der Waals surface area contributed by atoms with Crippen LogP contribution in [0.25, 0.3) is 0 Å². The highest BCUT2D eigenvalue weighted by atomic mass is 79.9.